The maximum absolute atomic E-state index is 5.98. The van der Waals surface area contributed by atoms with Gasteiger partial charge in [-0.15, -0.1) is 0 Å². The molecule has 4 nitrogen and oxygen atoms in total. The van der Waals surface area contributed by atoms with Crippen molar-refractivity contribution in [2.75, 3.05) is 40.4 Å². The molecule has 20 heavy (non-hydrogen) atoms. The first-order valence-electron chi connectivity index (χ1n) is 7.36. The fraction of sp³-hybridized carbons (Fsp3) is 0.625. The van der Waals surface area contributed by atoms with Crippen molar-refractivity contribution >= 4 is 0 Å². The summed E-state index contributed by atoms with van der Waals surface area (Å²) in [4.78, 5) is 2.35. The van der Waals surface area contributed by atoms with Crippen LogP contribution < -0.4 is 14.8 Å². The molecule has 0 amide bonds. The van der Waals surface area contributed by atoms with E-state index in [4.69, 9.17) is 9.47 Å². The molecule has 1 N–H and O–H groups in total. The summed E-state index contributed by atoms with van der Waals surface area (Å²) in [6.07, 6.45) is 0. The number of hydrogen-bond donors (Lipinski definition) is 1. The highest BCUT2D eigenvalue weighted by Gasteiger charge is 2.11. The second-order valence-electron chi connectivity index (χ2n) is 4.79. The van der Waals surface area contributed by atoms with Crippen molar-refractivity contribution in [1.29, 1.82) is 0 Å². The highest BCUT2D eigenvalue weighted by molar-refractivity contribution is 5.42. The van der Waals surface area contributed by atoms with Crippen molar-refractivity contribution in [3.63, 3.8) is 0 Å². The van der Waals surface area contributed by atoms with Crippen molar-refractivity contribution in [1.82, 2.24) is 10.2 Å². The summed E-state index contributed by atoms with van der Waals surface area (Å²) in [6.45, 7) is 10.2. The van der Waals surface area contributed by atoms with Gasteiger partial charge in [0, 0.05) is 24.2 Å². The molecule has 0 aromatic heterocycles. The van der Waals surface area contributed by atoms with Crippen LogP contribution in [0.15, 0.2) is 18.2 Å². The molecule has 0 aliphatic rings. The van der Waals surface area contributed by atoms with Crippen LogP contribution in [-0.2, 0) is 0 Å². The van der Waals surface area contributed by atoms with Gasteiger partial charge in [-0.1, -0.05) is 19.9 Å². The first kappa shape index (κ1) is 16.8. The topological polar surface area (TPSA) is 33.7 Å². The predicted octanol–water partition coefficient (Wildman–Crippen LogP) is 2.70. The molecule has 1 aromatic rings. The number of rotatable bonds is 9. The van der Waals surface area contributed by atoms with Gasteiger partial charge in [0.15, 0.2) is 0 Å². The number of nitrogens with zero attached hydrogens (tertiary/aromatic N) is 1. The van der Waals surface area contributed by atoms with E-state index in [0.29, 0.717) is 6.61 Å². The van der Waals surface area contributed by atoms with E-state index < -0.39 is 0 Å². The third kappa shape index (κ3) is 4.69. The predicted molar refractivity (Wildman–Crippen MR) is 83.8 cm³/mol. The van der Waals surface area contributed by atoms with Crippen molar-refractivity contribution in [2.45, 2.75) is 26.8 Å². The fourth-order valence-electron chi connectivity index (χ4n) is 2.10. The molecule has 4 heteroatoms. The Bertz CT molecular complexity index is 392. The van der Waals surface area contributed by atoms with Crippen LogP contribution in [-0.4, -0.2) is 45.3 Å². The summed E-state index contributed by atoms with van der Waals surface area (Å²) in [5, 5.41) is 3.25. The van der Waals surface area contributed by atoms with E-state index >= 15 is 0 Å². The zero-order valence-corrected chi connectivity index (χ0v) is 13.4. The molecule has 0 heterocycles. The second kappa shape index (κ2) is 8.82. The molecular weight excluding hydrogens is 252 g/mol. The van der Waals surface area contributed by atoms with E-state index in [1.54, 1.807) is 7.11 Å². The Kier molecular flexibility index (Phi) is 7.41. The Morgan fingerprint density at radius 1 is 1.25 bits per heavy atom. The molecule has 1 aromatic carbocycles. The lowest BCUT2D eigenvalue weighted by molar-refractivity contribution is 0.220. The van der Waals surface area contributed by atoms with Crippen molar-refractivity contribution in [3.05, 3.63) is 23.8 Å². The minimum Gasteiger partial charge on any atom is -0.497 e. The third-order valence-electron chi connectivity index (χ3n) is 3.68. The van der Waals surface area contributed by atoms with Crippen LogP contribution in [0.4, 0.5) is 0 Å². The average molecular weight is 280 g/mol. The summed E-state index contributed by atoms with van der Waals surface area (Å²) in [5.41, 5.74) is 1.16. The van der Waals surface area contributed by atoms with Gasteiger partial charge in [-0.2, -0.15) is 0 Å². The van der Waals surface area contributed by atoms with Crippen molar-refractivity contribution in [2.24, 2.45) is 0 Å². The van der Waals surface area contributed by atoms with Gasteiger partial charge in [0.05, 0.1) is 7.11 Å². The summed E-state index contributed by atoms with van der Waals surface area (Å²) < 4.78 is 11.3. The van der Waals surface area contributed by atoms with Gasteiger partial charge in [0.25, 0.3) is 0 Å². The fourth-order valence-corrected chi connectivity index (χ4v) is 2.10. The highest BCUT2D eigenvalue weighted by atomic mass is 16.5. The zero-order valence-electron chi connectivity index (χ0n) is 13.4. The van der Waals surface area contributed by atoms with Crippen LogP contribution in [0.3, 0.4) is 0 Å². The quantitative estimate of drug-likeness (QED) is 0.754. The monoisotopic (exact) mass is 280 g/mol. The Labute approximate surface area is 123 Å². The van der Waals surface area contributed by atoms with Gasteiger partial charge in [-0.05, 0) is 33.1 Å². The molecule has 1 rings (SSSR count). The van der Waals surface area contributed by atoms with Crippen LogP contribution in [0.25, 0.3) is 0 Å². The van der Waals surface area contributed by atoms with Gasteiger partial charge in [0.2, 0.25) is 0 Å². The number of benzene rings is 1. The maximum Gasteiger partial charge on any atom is 0.127 e. The zero-order chi connectivity index (χ0) is 15.0. The first-order valence-corrected chi connectivity index (χ1v) is 7.36. The van der Waals surface area contributed by atoms with E-state index in [9.17, 15) is 0 Å². The van der Waals surface area contributed by atoms with Gasteiger partial charge >= 0.3 is 0 Å². The lowest BCUT2D eigenvalue weighted by Gasteiger charge is -2.21. The molecule has 1 atom stereocenters. The number of nitrogens with one attached hydrogen (secondary N) is 1. The van der Waals surface area contributed by atoms with E-state index in [2.05, 4.69) is 37.1 Å². The molecule has 0 bridgehead atoms. The van der Waals surface area contributed by atoms with E-state index in [0.717, 1.165) is 36.7 Å². The maximum atomic E-state index is 5.98. The molecule has 0 saturated carbocycles. The minimum absolute atomic E-state index is 0.254. The third-order valence-corrected chi connectivity index (χ3v) is 3.68. The summed E-state index contributed by atoms with van der Waals surface area (Å²) >= 11 is 0. The Hall–Kier alpha value is -1.26. The Morgan fingerprint density at radius 3 is 2.50 bits per heavy atom. The Balaban J connectivity index is 2.74. The van der Waals surface area contributed by atoms with E-state index in [1.807, 2.05) is 19.2 Å². The molecule has 1 unspecified atom stereocenters. The number of methoxy groups -OCH3 is 1. The van der Waals surface area contributed by atoms with Crippen LogP contribution in [0, 0.1) is 0 Å². The van der Waals surface area contributed by atoms with Crippen LogP contribution in [0.1, 0.15) is 32.4 Å². The standard InChI is InChI=1S/C16H28N2O2/c1-6-18(7-2)10-11-20-16-12-14(19-5)8-9-15(16)13(3)17-4/h8-9,12-13,17H,6-7,10-11H2,1-5H3. The molecule has 114 valence electrons. The average Bonchev–Trinajstić information content (AvgIpc) is 2.50. The molecule has 0 saturated heterocycles. The number of likely N-dealkylation sites (N-methyl/N-ethyl adjacent to an activating group) is 1. The van der Waals surface area contributed by atoms with Crippen molar-refractivity contribution in [3.8, 4) is 11.5 Å². The largest absolute Gasteiger partial charge is 0.497 e. The van der Waals surface area contributed by atoms with Crippen LogP contribution in [0.5, 0.6) is 11.5 Å². The summed E-state index contributed by atoms with van der Waals surface area (Å²) in [7, 11) is 3.63. The summed E-state index contributed by atoms with van der Waals surface area (Å²) in [6, 6.07) is 6.25. The number of hydrogen-bond acceptors (Lipinski definition) is 4. The molecular formula is C16H28N2O2. The van der Waals surface area contributed by atoms with Gasteiger partial charge < -0.3 is 19.7 Å². The molecule has 0 spiro atoms. The Morgan fingerprint density at radius 2 is 1.95 bits per heavy atom. The molecule has 0 fully saturated rings. The van der Waals surface area contributed by atoms with Crippen molar-refractivity contribution < 1.29 is 9.47 Å². The van der Waals surface area contributed by atoms with Gasteiger partial charge in [-0.3, -0.25) is 0 Å². The molecule has 0 radical (unpaired) electrons. The minimum atomic E-state index is 0.254. The molecule has 0 aliphatic heterocycles. The molecule has 0 aliphatic carbocycles. The van der Waals surface area contributed by atoms with E-state index in [-0.39, 0.29) is 6.04 Å². The van der Waals surface area contributed by atoms with Crippen LogP contribution >= 0.6 is 0 Å². The second-order valence-corrected chi connectivity index (χ2v) is 4.79. The first-order chi connectivity index (χ1) is 9.65. The SMILES string of the molecule is CCN(CC)CCOc1cc(OC)ccc1C(C)NC. The highest BCUT2D eigenvalue weighted by Crippen LogP contribution is 2.29. The van der Waals surface area contributed by atoms with Gasteiger partial charge in [0.1, 0.15) is 18.1 Å². The lowest BCUT2D eigenvalue weighted by Crippen LogP contribution is -2.28. The normalized spacial score (nSPS) is 12.5. The van der Waals surface area contributed by atoms with Gasteiger partial charge in [-0.25, -0.2) is 0 Å². The smallest absolute Gasteiger partial charge is 0.127 e. The summed E-state index contributed by atoms with van der Waals surface area (Å²) in [5.74, 6) is 1.73. The van der Waals surface area contributed by atoms with Crippen LogP contribution in [0.2, 0.25) is 0 Å². The lowest BCUT2D eigenvalue weighted by atomic mass is 10.1. The van der Waals surface area contributed by atoms with E-state index in [1.165, 1.54) is 0 Å². The number of ether oxygens (including phenoxy) is 2.